The molecule has 0 unspecified atom stereocenters. The van der Waals surface area contributed by atoms with Crippen molar-refractivity contribution in [2.45, 2.75) is 0 Å². The Bertz CT molecular complexity index is 483. The first-order chi connectivity index (χ1) is 6.85. The predicted octanol–water partition coefficient (Wildman–Crippen LogP) is 1.45. The summed E-state index contributed by atoms with van der Waals surface area (Å²) in [6, 6.07) is 3.40. The van der Waals surface area contributed by atoms with Crippen LogP contribution in [0.4, 0.5) is 0 Å². The predicted molar refractivity (Wildman–Crippen MR) is 51.5 cm³/mol. The molecule has 0 saturated carbocycles. The number of carbonyl (C=O) groups is 1. The maximum atomic E-state index is 10.7. The van der Waals surface area contributed by atoms with Crippen LogP contribution in [0.1, 0.15) is 10.4 Å². The number of pyridine rings is 2. The summed E-state index contributed by atoms with van der Waals surface area (Å²) in [5.74, 6) is 0.619. The number of fused-ring (bicyclic) bond motifs is 1. The van der Waals surface area contributed by atoms with Gasteiger partial charge >= 0.3 is 0 Å². The molecule has 4 heteroatoms. The first kappa shape index (κ1) is 8.62. The zero-order valence-corrected chi connectivity index (χ0v) is 7.60. The number of hydrogen-bond acceptors (Lipinski definition) is 4. The van der Waals surface area contributed by atoms with Crippen LogP contribution in [0.15, 0.2) is 24.5 Å². The molecule has 4 nitrogen and oxygen atoms in total. The van der Waals surface area contributed by atoms with Crippen molar-refractivity contribution in [3.63, 3.8) is 0 Å². The highest BCUT2D eigenvalue weighted by Crippen LogP contribution is 2.18. The van der Waals surface area contributed by atoms with Crippen LogP contribution in [0.3, 0.4) is 0 Å². The number of aromatic nitrogens is 2. The van der Waals surface area contributed by atoms with Crippen molar-refractivity contribution >= 4 is 17.3 Å². The molecule has 0 spiro atoms. The van der Waals surface area contributed by atoms with Gasteiger partial charge in [-0.3, -0.25) is 4.79 Å². The van der Waals surface area contributed by atoms with Crippen molar-refractivity contribution in [3.05, 3.63) is 30.1 Å². The van der Waals surface area contributed by atoms with Crippen LogP contribution >= 0.6 is 0 Å². The highest BCUT2D eigenvalue weighted by molar-refractivity contribution is 5.95. The summed E-state index contributed by atoms with van der Waals surface area (Å²) in [6.07, 6.45) is 3.92. The second-order valence-electron chi connectivity index (χ2n) is 2.76. The first-order valence-electron chi connectivity index (χ1n) is 4.09. The minimum absolute atomic E-state index is 0.551. The molecule has 2 heterocycles. The van der Waals surface area contributed by atoms with Gasteiger partial charge in [-0.05, 0) is 12.1 Å². The molecule has 0 aliphatic rings. The molecular weight excluding hydrogens is 180 g/mol. The number of rotatable bonds is 2. The van der Waals surface area contributed by atoms with Crippen molar-refractivity contribution in [2.75, 3.05) is 7.11 Å². The minimum Gasteiger partial charge on any atom is -0.495 e. The van der Waals surface area contributed by atoms with Crippen LogP contribution in [0, 0.1) is 0 Å². The summed E-state index contributed by atoms with van der Waals surface area (Å²) in [6.45, 7) is 0. The number of hydrogen-bond donors (Lipinski definition) is 0. The van der Waals surface area contributed by atoms with Gasteiger partial charge in [-0.25, -0.2) is 9.97 Å². The monoisotopic (exact) mass is 188 g/mol. The lowest BCUT2D eigenvalue weighted by Gasteiger charge is -2.02. The second kappa shape index (κ2) is 3.41. The van der Waals surface area contributed by atoms with Gasteiger partial charge in [-0.2, -0.15) is 0 Å². The van der Waals surface area contributed by atoms with Crippen molar-refractivity contribution in [2.24, 2.45) is 0 Å². The quantitative estimate of drug-likeness (QED) is 0.669. The zero-order valence-electron chi connectivity index (χ0n) is 7.60. The molecule has 0 saturated heterocycles. The fourth-order valence-electron chi connectivity index (χ4n) is 1.25. The number of carbonyl (C=O) groups excluding carboxylic acids is 1. The molecule has 0 fully saturated rings. The topological polar surface area (TPSA) is 52.1 Å². The van der Waals surface area contributed by atoms with E-state index in [0.717, 1.165) is 6.29 Å². The third kappa shape index (κ3) is 1.31. The molecule has 2 aromatic rings. The standard InChI is InChI=1S/C10H8N2O2/c1-14-8-4-9-7(6-13)2-3-11-10(9)12-5-8/h2-6H,1H3. The van der Waals surface area contributed by atoms with Crippen molar-refractivity contribution in [1.82, 2.24) is 9.97 Å². The van der Waals surface area contributed by atoms with E-state index in [0.29, 0.717) is 22.3 Å². The van der Waals surface area contributed by atoms with E-state index >= 15 is 0 Å². The molecule has 0 aromatic carbocycles. The Balaban J connectivity index is 2.76. The summed E-state index contributed by atoms with van der Waals surface area (Å²) >= 11 is 0. The number of ether oxygens (including phenoxy) is 1. The van der Waals surface area contributed by atoms with E-state index in [2.05, 4.69) is 9.97 Å². The first-order valence-corrected chi connectivity index (χ1v) is 4.09. The van der Waals surface area contributed by atoms with Gasteiger partial charge in [0.05, 0.1) is 13.3 Å². The maximum absolute atomic E-state index is 10.7. The van der Waals surface area contributed by atoms with Gasteiger partial charge in [0.2, 0.25) is 0 Å². The van der Waals surface area contributed by atoms with E-state index in [4.69, 9.17) is 4.74 Å². The number of nitrogens with zero attached hydrogens (tertiary/aromatic N) is 2. The van der Waals surface area contributed by atoms with Crippen LogP contribution < -0.4 is 4.74 Å². The normalized spacial score (nSPS) is 10.1. The fourth-order valence-corrected chi connectivity index (χ4v) is 1.25. The Morgan fingerprint density at radius 3 is 3.00 bits per heavy atom. The minimum atomic E-state index is 0.551. The van der Waals surface area contributed by atoms with Gasteiger partial charge in [0.1, 0.15) is 5.75 Å². The average molecular weight is 188 g/mol. The van der Waals surface area contributed by atoms with Gasteiger partial charge in [0.15, 0.2) is 11.9 Å². The lowest BCUT2D eigenvalue weighted by molar-refractivity contribution is 0.112. The van der Waals surface area contributed by atoms with Crippen LogP contribution in [0.5, 0.6) is 5.75 Å². The molecule has 14 heavy (non-hydrogen) atoms. The zero-order chi connectivity index (χ0) is 9.97. The largest absolute Gasteiger partial charge is 0.495 e. The summed E-state index contributed by atoms with van der Waals surface area (Å²) in [5.41, 5.74) is 1.12. The van der Waals surface area contributed by atoms with Gasteiger partial charge in [-0.15, -0.1) is 0 Å². The van der Waals surface area contributed by atoms with Crippen LogP contribution in [-0.2, 0) is 0 Å². The second-order valence-corrected chi connectivity index (χ2v) is 2.76. The molecule has 0 atom stereocenters. The molecule has 0 radical (unpaired) electrons. The third-order valence-corrected chi connectivity index (χ3v) is 1.97. The summed E-state index contributed by atoms with van der Waals surface area (Å²) in [7, 11) is 1.56. The van der Waals surface area contributed by atoms with E-state index in [1.165, 1.54) is 0 Å². The molecule has 0 N–H and O–H groups in total. The maximum Gasteiger partial charge on any atom is 0.160 e. The van der Waals surface area contributed by atoms with E-state index in [1.807, 2.05) is 0 Å². The van der Waals surface area contributed by atoms with Crippen LogP contribution in [0.25, 0.3) is 11.0 Å². The Kier molecular flexibility index (Phi) is 2.10. The molecule has 70 valence electrons. The molecule has 2 rings (SSSR count). The van der Waals surface area contributed by atoms with Crippen molar-refractivity contribution in [1.29, 1.82) is 0 Å². The smallest absolute Gasteiger partial charge is 0.160 e. The molecule has 0 aliphatic carbocycles. The Morgan fingerprint density at radius 2 is 2.29 bits per heavy atom. The van der Waals surface area contributed by atoms with Gasteiger partial charge in [0, 0.05) is 17.1 Å². The van der Waals surface area contributed by atoms with Gasteiger partial charge in [-0.1, -0.05) is 0 Å². The number of methoxy groups -OCH3 is 1. The molecule has 0 aliphatic heterocycles. The molecule has 2 aromatic heterocycles. The SMILES string of the molecule is COc1cnc2nccc(C=O)c2c1. The third-order valence-electron chi connectivity index (χ3n) is 1.97. The molecule has 0 amide bonds. The summed E-state index contributed by atoms with van der Waals surface area (Å²) < 4.78 is 5.02. The molecular formula is C10H8N2O2. The summed E-state index contributed by atoms with van der Waals surface area (Å²) in [4.78, 5) is 18.8. The Labute approximate surface area is 80.6 Å². The Hall–Kier alpha value is -1.97. The Morgan fingerprint density at radius 1 is 1.43 bits per heavy atom. The van der Waals surface area contributed by atoms with Crippen LogP contribution in [-0.4, -0.2) is 23.4 Å². The highest BCUT2D eigenvalue weighted by Gasteiger charge is 2.03. The molecule has 0 bridgehead atoms. The lowest BCUT2D eigenvalue weighted by atomic mass is 10.2. The van der Waals surface area contributed by atoms with E-state index in [1.54, 1.807) is 31.6 Å². The van der Waals surface area contributed by atoms with E-state index < -0.39 is 0 Å². The van der Waals surface area contributed by atoms with Crippen molar-refractivity contribution in [3.8, 4) is 5.75 Å². The fraction of sp³-hybridized carbons (Fsp3) is 0.100. The van der Waals surface area contributed by atoms with E-state index in [9.17, 15) is 4.79 Å². The van der Waals surface area contributed by atoms with Gasteiger partial charge in [0.25, 0.3) is 0 Å². The highest BCUT2D eigenvalue weighted by atomic mass is 16.5. The average Bonchev–Trinajstić information content (AvgIpc) is 2.27. The van der Waals surface area contributed by atoms with Gasteiger partial charge < -0.3 is 4.74 Å². The summed E-state index contributed by atoms with van der Waals surface area (Å²) in [5, 5.41) is 0.710. The lowest BCUT2D eigenvalue weighted by Crippen LogP contribution is -1.91. The van der Waals surface area contributed by atoms with Crippen molar-refractivity contribution < 1.29 is 9.53 Å². The number of aldehydes is 1. The van der Waals surface area contributed by atoms with E-state index in [-0.39, 0.29) is 0 Å². The van der Waals surface area contributed by atoms with Crippen LogP contribution in [0.2, 0.25) is 0 Å².